The predicted octanol–water partition coefficient (Wildman–Crippen LogP) is 2.25. The van der Waals surface area contributed by atoms with Gasteiger partial charge in [-0.2, -0.15) is 0 Å². The number of aliphatic hydroxyl groups excluding tert-OH is 1. The van der Waals surface area contributed by atoms with Crippen LogP contribution in [-0.4, -0.2) is 21.8 Å². The summed E-state index contributed by atoms with van der Waals surface area (Å²) in [4.78, 5) is 4.23. The lowest BCUT2D eigenvalue weighted by Gasteiger charge is -1.99. The molecule has 0 aliphatic heterocycles. The lowest BCUT2D eigenvalue weighted by atomic mass is 10.2. The minimum Gasteiger partial charge on any atom is -0.506 e. The predicted molar refractivity (Wildman–Crippen MR) is 60.9 cm³/mol. The molecule has 0 saturated carbocycles. The van der Waals surface area contributed by atoms with Crippen LogP contribution in [0.4, 0.5) is 0 Å². The lowest BCUT2D eigenvalue weighted by molar-refractivity contribution is 0.318. The average Bonchev–Trinajstić information content (AvgIpc) is 2.21. The van der Waals surface area contributed by atoms with E-state index in [4.69, 9.17) is 5.11 Å². The van der Waals surface area contributed by atoms with E-state index >= 15 is 0 Å². The quantitative estimate of drug-likeness (QED) is 0.693. The summed E-state index contributed by atoms with van der Waals surface area (Å²) in [5, 5.41) is 18.0. The van der Waals surface area contributed by atoms with Gasteiger partial charge in [0.1, 0.15) is 11.3 Å². The van der Waals surface area contributed by atoms with Crippen LogP contribution in [0.25, 0.3) is 10.9 Å². The molecular weight excluding hydrogens is 190 g/mol. The molecule has 0 spiro atoms. The van der Waals surface area contributed by atoms with Gasteiger partial charge in [0.2, 0.25) is 0 Å². The van der Waals surface area contributed by atoms with Gasteiger partial charge in [-0.05, 0) is 26.0 Å². The summed E-state index contributed by atoms with van der Waals surface area (Å²) in [5.74, 6) is 0.246. The maximum Gasteiger partial charge on any atom is 0.141 e. The van der Waals surface area contributed by atoms with Crippen molar-refractivity contribution in [3.05, 3.63) is 36.0 Å². The van der Waals surface area contributed by atoms with Crippen LogP contribution < -0.4 is 0 Å². The SMILES string of the molecule is CCO.Cc1ccc2cccc(O)c2n1. The Morgan fingerprint density at radius 1 is 1.20 bits per heavy atom. The van der Waals surface area contributed by atoms with Gasteiger partial charge in [-0.3, -0.25) is 0 Å². The second-order valence-electron chi connectivity index (χ2n) is 3.12. The Balaban J connectivity index is 0.000000337. The number of aryl methyl sites for hydroxylation is 1. The Kier molecular flexibility index (Phi) is 4.06. The van der Waals surface area contributed by atoms with Crippen molar-refractivity contribution >= 4 is 10.9 Å². The summed E-state index contributed by atoms with van der Waals surface area (Å²) < 4.78 is 0. The summed E-state index contributed by atoms with van der Waals surface area (Å²) in [6.07, 6.45) is 0. The number of benzene rings is 1. The Hall–Kier alpha value is -1.61. The molecule has 0 amide bonds. The van der Waals surface area contributed by atoms with Crippen molar-refractivity contribution < 1.29 is 10.2 Å². The van der Waals surface area contributed by atoms with Crippen LogP contribution in [0.15, 0.2) is 30.3 Å². The summed E-state index contributed by atoms with van der Waals surface area (Å²) in [7, 11) is 0. The molecule has 1 aromatic carbocycles. The van der Waals surface area contributed by atoms with Crippen LogP contribution in [0.2, 0.25) is 0 Å². The summed E-state index contributed by atoms with van der Waals surface area (Å²) in [6, 6.07) is 9.28. The fourth-order valence-corrected chi connectivity index (χ4v) is 1.23. The number of hydrogen-bond acceptors (Lipinski definition) is 3. The molecule has 1 heterocycles. The second kappa shape index (κ2) is 5.32. The van der Waals surface area contributed by atoms with Crippen molar-refractivity contribution in [1.82, 2.24) is 4.98 Å². The van der Waals surface area contributed by atoms with E-state index in [1.165, 1.54) is 0 Å². The van der Waals surface area contributed by atoms with Gasteiger partial charge in [-0.1, -0.05) is 18.2 Å². The molecule has 0 saturated heterocycles. The molecule has 0 atom stereocenters. The Morgan fingerprint density at radius 2 is 1.87 bits per heavy atom. The first-order valence-electron chi connectivity index (χ1n) is 4.85. The Bertz CT molecular complexity index is 441. The van der Waals surface area contributed by atoms with Crippen LogP contribution in [0.1, 0.15) is 12.6 Å². The van der Waals surface area contributed by atoms with Crippen molar-refractivity contribution in [2.24, 2.45) is 0 Å². The van der Waals surface area contributed by atoms with Crippen LogP contribution in [0, 0.1) is 6.92 Å². The largest absolute Gasteiger partial charge is 0.506 e. The monoisotopic (exact) mass is 205 g/mol. The number of aromatic nitrogens is 1. The van der Waals surface area contributed by atoms with Crippen molar-refractivity contribution in [1.29, 1.82) is 0 Å². The van der Waals surface area contributed by atoms with Gasteiger partial charge in [0.05, 0.1) is 0 Å². The molecular formula is C12H15NO2. The fraction of sp³-hybridized carbons (Fsp3) is 0.250. The number of fused-ring (bicyclic) bond motifs is 1. The van der Waals surface area contributed by atoms with Crippen LogP contribution in [0.5, 0.6) is 5.75 Å². The van der Waals surface area contributed by atoms with Gasteiger partial charge >= 0.3 is 0 Å². The molecule has 80 valence electrons. The van der Waals surface area contributed by atoms with Crippen LogP contribution >= 0.6 is 0 Å². The van der Waals surface area contributed by atoms with Gasteiger partial charge < -0.3 is 10.2 Å². The summed E-state index contributed by atoms with van der Waals surface area (Å²) >= 11 is 0. The molecule has 2 aromatic rings. The summed E-state index contributed by atoms with van der Waals surface area (Å²) in [6.45, 7) is 3.84. The van der Waals surface area contributed by atoms with Gasteiger partial charge in [0, 0.05) is 17.7 Å². The zero-order chi connectivity index (χ0) is 11.3. The number of phenols is 1. The molecule has 0 radical (unpaired) electrons. The maximum atomic E-state index is 9.43. The van der Waals surface area contributed by atoms with E-state index in [9.17, 15) is 5.11 Å². The number of phenolic OH excluding ortho intramolecular Hbond substituents is 1. The number of nitrogens with zero attached hydrogens (tertiary/aromatic N) is 1. The highest BCUT2D eigenvalue weighted by Crippen LogP contribution is 2.21. The third-order valence-electron chi connectivity index (χ3n) is 1.84. The molecule has 0 aliphatic rings. The molecule has 15 heavy (non-hydrogen) atoms. The standard InChI is InChI=1S/C10H9NO.C2H6O/c1-7-5-6-8-3-2-4-9(12)10(8)11-7;1-2-3/h2-6,12H,1H3;3H,2H2,1H3. The minimum absolute atomic E-state index is 0.246. The number of hydrogen-bond donors (Lipinski definition) is 2. The minimum atomic E-state index is 0.246. The van der Waals surface area contributed by atoms with E-state index in [1.807, 2.05) is 31.2 Å². The van der Waals surface area contributed by atoms with Gasteiger partial charge in [-0.25, -0.2) is 4.98 Å². The first-order chi connectivity index (χ1) is 7.19. The first-order valence-corrected chi connectivity index (χ1v) is 4.85. The highest BCUT2D eigenvalue weighted by molar-refractivity contribution is 5.84. The van der Waals surface area contributed by atoms with Crippen LogP contribution in [-0.2, 0) is 0 Å². The zero-order valence-electron chi connectivity index (χ0n) is 8.94. The topological polar surface area (TPSA) is 53.4 Å². The maximum absolute atomic E-state index is 9.43. The molecule has 0 aliphatic carbocycles. The number of para-hydroxylation sites is 1. The molecule has 2 N–H and O–H groups in total. The molecule has 0 bridgehead atoms. The van der Waals surface area contributed by atoms with Crippen molar-refractivity contribution in [3.63, 3.8) is 0 Å². The van der Waals surface area contributed by atoms with E-state index in [-0.39, 0.29) is 12.4 Å². The average molecular weight is 205 g/mol. The zero-order valence-corrected chi connectivity index (χ0v) is 8.94. The second-order valence-corrected chi connectivity index (χ2v) is 3.12. The number of rotatable bonds is 0. The van der Waals surface area contributed by atoms with E-state index in [0.29, 0.717) is 5.52 Å². The van der Waals surface area contributed by atoms with Crippen molar-refractivity contribution in [3.8, 4) is 5.75 Å². The Labute approximate surface area is 89.0 Å². The molecule has 0 unspecified atom stereocenters. The molecule has 0 fully saturated rings. The van der Waals surface area contributed by atoms with Gasteiger partial charge in [-0.15, -0.1) is 0 Å². The summed E-state index contributed by atoms with van der Waals surface area (Å²) in [5.41, 5.74) is 1.60. The third kappa shape index (κ3) is 2.92. The fourth-order valence-electron chi connectivity index (χ4n) is 1.23. The normalized spacial score (nSPS) is 9.53. The molecule has 1 aromatic heterocycles. The third-order valence-corrected chi connectivity index (χ3v) is 1.84. The van der Waals surface area contributed by atoms with E-state index < -0.39 is 0 Å². The molecule has 3 nitrogen and oxygen atoms in total. The highest BCUT2D eigenvalue weighted by atomic mass is 16.3. The van der Waals surface area contributed by atoms with Crippen molar-refractivity contribution in [2.45, 2.75) is 13.8 Å². The lowest BCUT2D eigenvalue weighted by Crippen LogP contribution is -1.82. The smallest absolute Gasteiger partial charge is 0.141 e. The highest BCUT2D eigenvalue weighted by Gasteiger charge is 1.98. The van der Waals surface area contributed by atoms with E-state index in [0.717, 1.165) is 11.1 Å². The van der Waals surface area contributed by atoms with E-state index in [1.54, 1.807) is 13.0 Å². The number of aromatic hydroxyl groups is 1. The van der Waals surface area contributed by atoms with Crippen LogP contribution in [0.3, 0.4) is 0 Å². The number of aliphatic hydroxyl groups is 1. The van der Waals surface area contributed by atoms with Gasteiger partial charge in [0.15, 0.2) is 0 Å². The Morgan fingerprint density at radius 3 is 2.53 bits per heavy atom. The molecule has 2 rings (SSSR count). The van der Waals surface area contributed by atoms with Gasteiger partial charge in [0.25, 0.3) is 0 Å². The van der Waals surface area contributed by atoms with E-state index in [2.05, 4.69) is 4.98 Å². The molecule has 3 heteroatoms. The number of pyridine rings is 1. The van der Waals surface area contributed by atoms with Crippen molar-refractivity contribution in [2.75, 3.05) is 6.61 Å². The first kappa shape index (κ1) is 11.5.